The zero-order chi connectivity index (χ0) is 14.8. The molecule has 3 rings (SSSR count). The van der Waals surface area contributed by atoms with E-state index in [0.29, 0.717) is 23.8 Å². The molecule has 4 nitrogen and oxygen atoms in total. The van der Waals surface area contributed by atoms with Crippen LogP contribution in [0.15, 0.2) is 36.4 Å². The Morgan fingerprint density at radius 3 is 2.52 bits per heavy atom. The number of fused-ring (bicyclic) bond motifs is 1. The molecule has 1 saturated carbocycles. The van der Waals surface area contributed by atoms with Gasteiger partial charge in [-0.05, 0) is 37.1 Å². The third-order valence-corrected chi connectivity index (χ3v) is 4.18. The van der Waals surface area contributed by atoms with Gasteiger partial charge in [-0.1, -0.05) is 30.3 Å². The van der Waals surface area contributed by atoms with E-state index in [-0.39, 0.29) is 23.8 Å². The van der Waals surface area contributed by atoms with Crippen molar-refractivity contribution in [3.63, 3.8) is 0 Å². The zero-order valence-electron chi connectivity index (χ0n) is 11.7. The van der Waals surface area contributed by atoms with Crippen molar-refractivity contribution in [1.82, 2.24) is 5.32 Å². The summed E-state index contributed by atoms with van der Waals surface area (Å²) in [5.74, 6) is -0.221. The number of phenolic OH excluding ortho intramolecular Hbond substituents is 1. The minimum absolute atomic E-state index is 0.0291. The summed E-state index contributed by atoms with van der Waals surface area (Å²) in [6, 6.07) is 11.0. The quantitative estimate of drug-likeness (QED) is 0.794. The van der Waals surface area contributed by atoms with E-state index >= 15 is 0 Å². The summed E-state index contributed by atoms with van der Waals surface area (Å²) in [7, 11) is 0. The molecule has 21 heavy (non-hydrogen) atoms. The van der Waals surface area contributed by atoms with Crippen LogP contribution in [0.4, 0.5) is 0 Å². The summed E-state index contributed by atoms with van der Waals surface area (Å²) in [4.78, 5) is 12.3. The molecule has 0 saturated heterocycles. The maximum absolute atomic E-state index is 12.3. The number of rotatable bonds is 2. The van der Waals surface area contributed by atoms with Gasteiger partial charge in [-0.3, -0.25) is 4.79 Å². The molecule has 1 aliphatic rings. The number of benzene rings is 2. The highest BCUT2D eigenvalue weighted by molar-refractivity contribution is 6.03. The highest BCUT2D eigenvalue weighted by Gasteiger charge is 2.22. The van der Waals surface area contributed by atoms with Crippen molar-refractivity contribution in [3.05, 3.63) is 42.0 Å². The molecule has 110 valence electrons. The second-order valence-electron chi connectivity index (χ2n) is 5.66. The normalized spacial score (nSPS) is 22.1. The molecule has 0 radical (unpaired) electrons. The van der Waals surface area contributed by atoms with Gasteiger partial charge in [0, 0.05) is 11.4 Å². The molecule has 2 aromatic carbocycles. The monoisotopic (exact) mass is 285 g/mol. The van der Waals surface area contributed by atoms with E-state index in [1.165, 1.54) is 0 Å². The van der Waals surface area contributed by atoms with Gasteiger partial charge in [-0.2, -0.15) is 0 Å². The third-order valence-electron chi connectivity index (χ3n) is 4.18. The second kappa shape index (κ2) is 5.74. The Hall–Kier alpha value is -2.07. The van der Waals surface area contributed by atoms with Crippen molar-refractivity contribution >= 4 is 16.7 Å². The Morgan fingerprint density at radius 2 is 1.76 bits per heavy atom. The Balaban J connectivity index is 1.80. The first-order valence-electron chi connectivity index (χ1n) is 7.35. The minimum Gasteiger partial charge on any atom is -0.506 e. The summed E-state index contributed by atoms with van der Waals surface area (Å²) in [6.45, 7) is 0. The second-order valence-corrected chi connectivity index (χ2v) is 5.66. The SMILES string of the molecule is O=C(NC1CCC(O)CC1)c1ccc2ccccc2c1O. The number of phenols is 1. The fourth-order valence-corrected chi connectivity index (χ4v) is 2.92. The first-order chi connectivity index (χ1) is 10.1. The summed E-state index contributed by atoms with van der Waals surface area (Å²) in [5.41, 5.74) is 0.305. The summed E-state index contributed by atoms with van der Waals surface area (Å²) >= 11 is 0. The van der Waals surface area contributed by atoms with Gasteiger partial charge >= 0.3 is 0 Å². The van der Waals surface area contributed by atoms with Crippen LogP contribution in [-0.4, -0.2) is 28.3 Å². The fourth-order valence-electron chi connectivity index (χ4n) is 2.92. The van der Waals surface area contributed by atoms with E-state index in [9.17, 15) is 15.0 Å². The topological polar surface area (TPSA) is 69.6 Å². The summed E-state index contributed by atoms with van der Waals surface area (Å²) in [5, 5.41) is 24.3. The van der Waals surface area contributed by atoms with Crippen LogP contribution in [0, 0.1) is 0 Å². The van der Waals surface area contributed by atoms with Crippen LogP contribution in [-0.2, 0) is 0 Å². The van der Waals surface area contributed by atoms with Gasteiger partial charge in [0.25, 0.3) is 5.91 Å². The van der Waals surface area contributed by atoms with E-state index in [1.807, 2.05) is 24.3 Å². The molecule has 1 aliphatic carbocycles. The standard InChI is InChI=1S/C17H19NO3/c19-13-8-6-12(7-9-13)18-17(21)15-10-5-11-3-1-2-4-14(11)16(15)20/h1-5,10,12-13,19-20H,6-9H2,(H,18,21). The van der Waals surface area contributed by atoms with Gasteiger partial charge in [0.05, 0.1) is 11.7 Å². The highest BCUT2D eigenvalue weighted by atomic mass is 16.3. The number of carbonyl (C=O) groups is 1. The van der Waals surface area contributed by atoms with Crippen molar-refractivity contribution in [2.24, 2.45) is 0 Å². The molecule has 1 amide bonds. The van der Waals surface area contributed by atoms with Crippen molar-refractivity contribution in [3.8, 4) is 5.75 Å². The Morgan fingerprint density at radius 1 is 1.05 bits per heavy atom. The van der Waals surface area contributed by atoms with Crippen LogP contribution >= 0.6 is 0 Å². The molecular weight excluding hydrogens is 266 g/mol. The van der Waals surface area contributed by atoms with E-state index < -0.39 is 0 Å². The van der Waals surface area contributed by atoms with Crippen molar-refractivity contribution in [2.45, 2.75) is 37.8 Å². The van der Waals surface area contributed by atoms with Crippen LogP contribution in [0.2, 0.25) is 0 Å². The highest BCUT2D eigenvalue weighted by Crippen LogP contribution is 2.29. The van der Waals surface area contributed by atoms with Crippen molar-refractivity contribution in [1.29, 1.82) is 0 Å². The van der Waals surface area contributed by atoms with Gasteiger partial charge in [-0.15, -0.1) is 0 Å². The first kappa shape index (κ1) is 13.9. The van der Waals surface area contributed by atoms with Crippen LogP contribution in [0.5, 0.6) is 5.75 Å². The van der Waals surface area contributed by atoms with Gasteiger partial charge in [0.1, 0.15) is 5.75 Å². The molecular formula is C17H19NO3. The molecule has 0 aliphatic heterocycles. The Labute approximate surface area is 123 Å². The largest absolute Gasteiger partial charge is 0.506 e. The smallest absolute Gasteiger partial charge is 0.255 e. The number of aliphatic hydroxyl groups excluding tert-OH is 1. The number of aromatic hydroxyl groups is 1. The lowest BCUT2D eigenvalue weighted by atomic mass is 9.93. The number of nitrogens with one attached hydrogen (secondary N) is 1. The van der Waals surface area contributed by atoms with Crippen LogP contribution < -0.4 is 5.32 Å². The number of carbonyl (C=O) groups excluding carboxylic acids is 1. The van der Waals surface area contributed by atoms with Crippen molar-refractivity contribution in [2.75, 3.05) is 0 Å². The molecule has 0 aromatic heterocycles. The molecule has 0 unspecified atom stereocenters. The summed E-state index contributed by atoms with van der Waals surface area (Å²) in [6.07, 6.45) is 2.75. The fraction of sp³-hybridized carbons (Fsp3) is 0.353. The number of amides is 1. The number of hydrogen-bond acceptors (Lipinski definition) is 3. The van der Waals surface area contributed by atoms with E-state index in [1.54, 1.807) is 12.1 Å². The average Bonchev–Trinajstić information content (AvgIpc) is 2.50. The lowest BCUT2D eigenvalue weighted by Gasteiger charge is -2.26. The van der Waals surface area contributed by atoms with E-state index in [2.05, 4.69) is 5.32 Å². The molecule has 0 atom stereocenters. The molecule has 3 N–H and O–H groups in total. The van der Waals surface area contributed by atoms with E-state index in [4.69, 9.17) is 0 Å². The van der Waals surface area contributed by atoms with E-state index in [0.717, 1.165) is 18.2 Å². The van der Waals surface area contributed by atoms with Crippen LogP contribution in [0.1, 0.15) is 36.0 Å². The lowest BCUT2D eigenvalue weighted by Crippen LogP contribution is -2.38. The van der Waals surface area contributed by atoms with Gasteiger partial charge in [0.15, 0.2) is 0 Å². The number of hydrogen-bond donors (Lipinski definition) is 3. The van der Waals surface area contributed by atoms with Gasteiger partial charge < -0.3 is 15.5 Å². The maximum Gasteiger partial charge on any atom is 0.255 e. The number of aliphatic hydroxyl groups is 1. The maximum atomic E-state index is 12.3. The van der Waals surface area contributed by atoms with Crippen molar-refractivity contribution < 1.29 is 15.0 Å². The lowest BCUT2D eigenvalue weighted by molar-refractivity contribution is 0.0865. The molecule has 0 heterocycles. The Bertz CT molecular complexity index is 660. The average molecular weight is 285 g/mol. The minimum atomic E-state index is -0.250. The molecule has 2 aromatic rings. The van der Waals surface area contributed by atoms with Gasteiger partial charge in [-0.25, -0.2) is 0 Å². The molecule has 0 bridgehead atoms. The predicted molar refractivity (Wildman–Crippen MR) is 81.3 cm³/mol. The molecule has 1 fully saturated rings. The predicted octanol–water partition coefficient (Wildman–Crippen LogP) is 2.58. The molecule has 4 heteroatoms. The molecule has 0 spiro atoms. The van der Waals surface area contributed by atoms with Crippen LogP contribution in [0.3, 0.4) is 0 Å². The Kier molecular flexibility index (Phi) is 3.80. The summed E-state index contributed by atoms with van der Waals surface area (Å²) < 4.78 is 0. The first-order valence-corrected chi connectivity index (χ1v) is 7.35. The zero-order valence-corrected chi connectivity index (χ0v) is 11.7. The van der Waals surface area contributed by atoms with Gasteiger partial charge in [0.2, 0.25) is 0 Å². The van der Waals surface area contributed by atoms with Crippen LogP contribution in [0.25, 0.3) is 10.8 Å². The third kappa shape index (κ3) is 2.85.